The summed E-state index contributed by atoms with van der Waals surface area (Å²) in [6.45, 7) is 0. The smallest absolute Gasteiger partial charge is 0.416 e. The van der Waals surface area contributed by atoms with Crippen LogP contribution in [0.4, 0.5) is 32.0 Å². The van der Waals surface area contributed by atoms with Gasteiger partial charge in [0.1, 0.15) is 5.69 Å². The Bertz CT molecular complexity index is 773. The molecule has 0 aliphatic carbocycles. The van der Waals surface area contributed by atoms with Crippen molar-refractivity contribution in [1.82, 2.24) is 0 Å². The Kier molecular flexibility index (Phi) is 4.42. The highest BCUT2D eigenvalue weighted by Gasteiger charge is 2.33. The van der Waals surface area contributed by atoms with Crippen LogP contribution in [-0.2, 0) is 11.0 Å². The van der Waals surface area contributed by atoms with Gasteiger partial charge in [0.05, 0.1) is 5.56 Å². The van der Waals surface area contributed by atoms with Crippen molar-refractivity contribution >= 4 is 11.8 Å². The first-order chi connectivity index (χ1) is 10.7. The van der Waals surface area contributed by atoms with E-state index in [2.05, 4.69) is 9.73 Å². The first-order valence-corrected chi connectivity index (χ1v) is 5.84. The first-order valence-electron chi connectivity index (χ1n) is 5.84. The molecule has 0 aliphatic rings. The Labute approximate surface area is 124 Å². The second-order valence-corrected chi connectivity index (χ2v) is 4.16. The molecule has 0 unspecified atom stereocenters. The molecule has 9 heteroatoms. The molecule has 0 heterocycles. The van der Waals surface area contributed by atoms with Crippen LogP contribution in [0.2, 0.25) is 0 Å². The maximum absolute atomic E-state index is 13.7. The molecule has 2 aromatic rings. The molecule has 3 nitrogen and oxygen atoms in total. The van der Waals surface area contributed by atoms with Gasteiger partial charge in [-0.05, 0) is 24.3 Å². The summed E-state index contributed by atoms with van der Waals surface area (Å²) in [4.78, 5) is 13.3. The average Bonchev–Trinajstić information content (AvgIpc) is 2.44. The Hall–Kier alpha value is -2.80. The van der Waals surface area contributed by atoms with E-state index in [1.165, 1.54) is 0 Å². The summed E-state index contributed by atoms with van der Waals surface area (Å²) >= 11 is 0. The molecule has 0 N–H and O–H groups in total. The fraction of sp³-hybridized carbons (Fsp3) is 0.0714. The molecule has 0 aliphatic heterocycles. The van der Waals surface area contributed by atoms with Crippen LogP contribution in [0.3, 0.4) is 0 Å². The number of carbonyl (C=O) groups excluding carboxylic acids is 1. The van der Waals surface area contributed by atoms with E-state index in [0.717, 1.165) is 24.3 Å². The van der Waals surface area contributed by atoms with Gasteiger partial charge in [0, 0.05) is 0 Å². The van der Waals surface area contributed by atoms with E-state index < -0.39 is 46.4 Å². The third-order valence-electron chi connectivity index (χ3n) is 2.64. The first kappa shape index (κ1) is 16.6. The number of isocyanates is 1. The highest BCUT2D eigenvalue weighted by molar-refractivity contribution is 5.59. The fourth-order valence-corrected chi connectivity index (χ4v) is 1.66. The molecule has 0 atom stereocenters. The topological polar surface area (TPSA) is 38.7 Å². The Balaban J connectivity index is 2.52. The van der Waals surface area contributed by atoms with Gasteiger partial charge in [0.25, 0.3) is 0 Å². The summed E-state index contributed by atoms with van der Waals surface area (Å²) in [5.41, 5.74) is -2.00. The minimum atomic E-state index is -4.97. The summed E-state index contributed by atoms with van der Waals surface area (Å²) in [5.74, 6) is -6.60. The number of alkyl halides is 3. The lowest BCUT2D eigenvalue weighted by Crippen LogP contribution is -2.07. The van der Waals surface area contributed by atoms with Gasteiger partial charge in [0.2, 0.25) is 6.08 Å². The van der Waals surface area contributed by atoms with E-state index >= 15 is 0 Å². The zero-order valence-corrected chi connectivity index (χ0v) is 10.9. The van der Waals surface area contributed by atoms with Crippen molar-refractivity contribution in [2.24, 2.45) is 4.99 Å². The summed E-state index contributed by atoms with van der Waals surface area (Å²) in [7, 11) is 0. The van der Waals surface area contributed by atoms with Crippen molar-refractivity contribution in [1.29, 1.82) is 0 Å². The molecular weight excluding hydrogens is 328 g/mol. The highest BCUT2D eigenvalue weighted by Crippen LogP contribution is 2.39. The summed E-state index contributed by atoms with van der Waals surface area (Å²) in [5, 5.41) is 0. The number of para-hydroxylation sites is 1. The van der Waals surface area contributed by atoms with Gasteiger partial charge >= 0.3 is 6.18 Å². The predicted octanol–water partition coefficient (Wildman–Crippen LogP) is 4.88. The zero-order valence-electron chi connectivity index (χ0n) is 10.9. The van der Waals surface area contributed by atoms with Crippen LogP contribution in [-0.4, -0.2) is 6.08 Å². The van der Waals surface area contributed by atoms with E-state index in [4.69, 9.17) is 0 Å². The molecule has 2 rings (SSSR count). The number of hydrogen-bond acceptors (Lipinski definition) is 3. The van der Waals surface area contributed by atoms with E-state index in [9.17, 15) is 31.1 Å². The summed E-state index contributed by atoms with van der Waals surface area (Å²) in [6, 6.07) is 3.07. The third-order valence-corrected chi connectivity index (χ3v) is 2.64. The second-order valence-electron chi connectivity index (χ2n) is 4.16. The number of rotatable bonds is 3. The Morgan fingerprint density at radius 2 is 1.57 bits per heavy atom. The molecule has 23 heavy (non-hydrogen) atoms. The van der Waals surface area contributed by atoms with Crippen molar-refractivity contribution in [2.45, 2.75) is 6.18 Å². The highest BCUT2D eigenvalue weighted by atomic mass is 19.4. The van der Waals surface area contributed by atoms with Crippen LogP contribution in [0.25, 0.3) is 0 Å². The number of aliphatic imine (C=N–C) groups is 1. The van der Waals surface area contributed by atoms with Crippen LogP contribution in [0, 0.1) is 17.5 Å². The van der Waals surface area contributed by atoms with Crippen LogP contribution in [0.1, 0.15) is 5.56 Å². The molecule has 0 saturated carbocycles. The largest absolute Gasteiger partial charge is 0.446 e. The molecule has 0 fully saturated rings. The summed E-state index contributed by atoms with van der Waals surface area (Å²) in [6.07, 6.45) is -3.88. The van der Waals surface area contributed by atoms with Crippen molar-refractivity contribution in [3.05, 3.63) is 53.3 Å². The SMILES string of the molecule is O=C=Nc1cccc(F)c1Oc1c(F)cc(C(F)(F)F)cc1F. The molecule has 0 saturated heterocycles. The summed E-state index contributed by atoms with van der Waals surface area (Å²) < 4.78 is 83.0. The van der Waals surface area contributed by atoms with E-state index in [-0.39, 0.29) is 12.1 Å². The van der Waals surface area contributed by atoms with Gasteiger partial charge in [-0.15, -0.1) is 0 Å². The predicted molar refractivity (Wildman–Crippen MR) is 65.6 cm³/mol. The van der Waals surface area contributed by atoms with Crippen molar-refractivity contribution in [2.75, 3.05) is 0 Å². The van der Waals surface area contributed by atoms with Crippen molar-refractivity contribution < 1.29 is 35.9 Å². The van der Waals surface area contributed by atoms with Gasteiger partial charge in [-0.2, -0.15) is 18.2 Å². The van der Waals surface area contributed by atoms with Crippen LogP contribution < -0.4 is 4.74 Å². The van der Waals surface area contributed by atoms with Crippen molar-refractivity contribution in [3.8, 4) is 11.5 Å². The minimum Gasteiger partial charge on any atom is -0.446 e. The molecule has 0 amide bonds. The lowest BCUT2D eigenvalue weighted by atomic mass is 10.2. The Morgan fingerprint density at radius 3 is 2.09 bits per heavy atom. The van der Waals surface area contributed by atoms with Crippen LogP contribution in [0.15, 0.2) is 35.3 Å². The number of ether oxygens (including phenoxy) is 1. The van der Waals surface area contributed by atoms with Gasteiger partial charge in [0.15, 0.2) is 29.0 Å². The molecular formula is C14H5F6NO2. The van der Waals surface area contributed by atoms with Gasteiger partial charge in [-0.3, -0.25) is 0 Å². The third kappa shape index (κ3) is 3.51. The average molecular weight is 333 g/mol. The quantitative estimate of drug-likeness (QED) is 0.456. The van der Waals surface area contributed by atoms with Crippen LogP contribution >= 0.6 is 0 Å². The maximum atomic E-state index is 13.7. The molecule has 0 radical (unpaired) electrons. The number of benzene rings is 2. The van der Waals surface area contributed by atoms with Gasteiger partial charge in [-0.1, -0.05) is 6.07 Å². The van der Waals surface area contributed by atoms with E-state index in [0.29, 0.717) is 0 Å². The molecule has 0 bridgehead atoms. The normalized spacial score (nSPS) is 11.0. The van der Waals surface area contributed by atoms with E-state index in [1.54, 1.807) is 0 Å². The number of nitrogens with zero attached hydrogens (tertiary/aromatic N) is 1. The zero-order chi connectivity index (χ0) is 17.2. The van der Waals surface area contributed by atoms with Gasteiger partial charge < -0.3 is 4.74 Å². The molecule has 120 valence electrons. The van der Waals surface area contributed by atoms with Crippen LogP contribution in [0.5, 0.6) is 11.5 Å². The monoisotopic (exact) mass is 333 g/mol. The molecule has 0 aromatic heterocycles. The molecule has 2 aromatic carbocycles. The molecule has 0 spiro atoms. The fourth-order valence-electron chi connectivity index (χ4n) is 1.66. The Morgan fingerprint density at radius 1 is 0.957 bits per heavy atom. The standard InChI is InChI=1S/C14H5F6NO2/c15-8-2-1-3-11(21-6-22)13(8)23-12-9(16)4-7(5-10(12)17)14(18,19)20/h1-5H. The lowest BCUT2D eigenvalue weighted by Gasteiger charge is -2.13. The van der Waals surface area contributed by atoms with Gasteiger partial charge in [-0.25, -0.2) is 18.0 Å². The minimum absolute atomic E-state index is 0.00191. The number of hydrogen-bond donors (Lipinski definition) is 0. The lowest BCUT2D eigenvalue weighted by molar-refractivity contribution is -0.138. The second kappa shape index (κ2) is 6.13. The van der Waals surface area contributed by atoms with Crippen molar-refractivity contribution in [3.63, 3.8) is 0 Å². The number of halogens is 6. The van der Waals surface area contributed by atoms with E-state index in [1.807, 2.05) is 0 Å². The maximum Gasteiger partial charge on any atom is 0.416 e.